The molecule has 0 radical (unpaired) electrons. The van der Waals surface area contributed by atoms with Gasteiger partial charge in [-0.2, -0.15) is 5.10 Å². The maximum atomic E-state index is 3.97. The summed E-state index contributed by atoms with van der Waals surface area (Å²) in [5, 5.41) is 10.4. The van der Waals surface area contributed by atoms with Crippen molar-refractivity contribution in [1.82, 2.24) is 10.2 Å². The summed E-state index contributed by atoms with van der Waals surface area (Å²) >= 11 is 0. The Morgan fingerprint density at radius 1 is 1.22 bits per heavy atom. The molecule has 0 saturated carbocycles. The number of aryl methyl sites for hydroxylation is 1. The van der Waals surface area contributed by atoms with Gasteiger partial charge in [0.15, 0.2) is 0 Å². The molecule has 1 aromatic carbocycles. The van der Waals surface area contributed by atoms with Gasteiger partial charge in [0.1, 0.15) is 0 Å². The third-order valence-corrected chi connectivity index (χ3v) is 3.14. The van der Waals surface area contributed by atoms with Crippen LogP contribution in [0.1, 0.15) is 44.0 Å². The normalized spacial score (nSPS) is 12.3. The van der Waals surface area contributed by atoms with E-state index in [1.807, 2.05) is 6.07 Å². The molecule has 0 fully saturated rings. The van der Waals surface area contributed by atoms with Crippen LogP contribution in [0.2, 0.25) is 0 Å². The second-order valence-electron chi connectivity index (χ2n) is 4.68. The third-order valence-electron chi connectivity index (χ3n) is 3.14. The number of benzene rings is 1. The number of hydrogen-bond acceptors (Lipinski definition) is 2. The highest BCUT2D eigenvalue weighted by Crippen LogP contribution is 2.18. The molecule has 1 atom stereocenters. The van der Waals surface area contributed by atoms with Crippen LogP contribution in [-0.2, 0) is 6.42 Å². The van der Waals surface area contributed by atoms with Gasteiger partial charge in [-0.3, -0.25) is 5.10 Å². The molecule has 2 aromatic rings. The fourth-order valence-corrected chi connectivity index (χ4v) is 1.98. The molecule has 0 bridgehead atoms. The van der Waals surface area contributed by atoms with Crippen molar-refractivity contribution in [3.8, 4) is 0 Å². The zero-order valence-electron chi connectivity index (χ0n) is 11.1. The van der Waals surface area contributed by atoms with E-state index in [0.717, 1.165) is 11.4 Å². The van der Waals surface area contributed by atoms with Gasteiger partial charge in [0.05, 0.1) is 11.7 Å². The summed E-state index contributed by atoms with van der Waals surface area (Å²) in [5.41, 5.74) is 3.67. The largest absolute Gasteiger partial charge is 0.377 e. The molecule has 0 aliphatic carbocycles. The molecule has 2 rings (SSSR count). The number of H-pyrrole nitrogens is 1. The smallest absolute Gasteiger partial charge is 0.0651 e. The molecular formula is C15H21N3. The van der Waals surface area contributed by atoms with Crippen molar-refractivity contribution in [2.45, 2.75) is 39.2 Å². The summed E-state index contributed by atoms with van der Waals surface area (Å²) in [7, 11) is 0. The summed E-state index contributed by atoms with van der Waals surface area (Å²) < 4.78 is 0. The lowest BCUT2D eigenvalue weighted by Crippen LogP contribution is -2.07. The minimum Gasteiger partial charge on any atom is -0.377 e. The summed E-state index contributed by atoms with van der Waals surface area (Å²) in [6, 6.07) is 11.0. The van der Waals surface area contributed by atoms with Gasteiger partial charge >= 0.3 is 0 Å². The Balaban J connectivity index is 1.93. The SMILES string of the molecule is CCCCc1ccc(NC(C)c2ccn[nH]2)cc1. The Morgan fingerprint density at radius 2 is 2.00 bits per heavy atom. The zero-order valence-corrected chi connectivity index (χ0v) is 11.1. The highest BCUT2D eigenvalue weighted by Gasteiger charge is 2.05. The first kappa shape index (κ1) is 12.7. The summed E-state index contributed by atoms with van der Waals surface area (Å²) in [5.74, 6) is 0. The molecule has 0 aliphatic rings. The van der Waals surface area contributed by atoms with Crippen molar-refractivity contribution in [1.29, 1.82) is 0 Å². The van der Waals surface area contributed by atoms with E-state index in [9.17, 15) is 0 Å². The predicted molar refractivity (Wildman–Crippen MR) is 75.7 cm³/mol. The highest BCUT2D eigenvalue weighted by molar-refractivity contribution is 5.46. The van der Waals surface area contributed by atoms with Gasteiger partial charge in [0.2, 0.25) is 0 Å². The summed E-state index contributed by atoms with van der Waals surface area (Å²) in [4.78, 5) is 0. The molecule has 0 spiro atoms. The van der Waals surface area contributed by atoms with Gasteiger partial charge in [0.25, 0.3) is 0 Å². The first-order chi connectivity index (χ1) is 8.79. The quantitative estimate of drug-likeness (QED) is 0.807. The molecule has 0 amide bonds. The second-order valence-corrected chi connectivity index (χ2v) is 4.68. The average Bonchev–Trinajstić information content (AvgIpc) is 2.92. The second kappa shape index (κ2) is 6.24. The van der Waals surface area contributed by atoms with Gasteiger partial charge in [-0.1, -0.05) is 25.5 Å². The van der Waals surface area contributed by atoms with E-state index in [2.05, 4.69) is 53.6 Å². The molecule has 3 nitrogen and oxygen atoms in total. The fraction of sp³-hybridized carbons (Fsp3) is 0.400. The maximum absolute atomic E-state index is 3.97. The lowest BCUT2D eigenvalue weighted by molar-refractivity contribution is 0.794. The van der Waals surface area contributed by atoms with E-state index in [-0.39, 0.29) is 6.04 Å². The van der Waals surface area contributed by atoms with Crippen molar-refractivity contribution in [2.24, 2.45) is 0 Å². The Morgan fingerprint density at radius 3 is 2.61 bits per heavy atom. The summed E-state index contributed by atoms with van der Waals surface area (Å²) in [6.45, 7) is 4.35. The van der Waals surface area contributed by atoms with Gasteiger partial charge in [-0.25, -0.2) is 0 Å². The van der Waals surface area contributed by atoms with Crippen molar-refractivity contribution in [3.63, 3.8) is 0 Å². The number of anilines is 1. The number of nitrogens with zero attached hydrogens (tertiary/aromatic N) is 1. The van der Waals surface area contributed by atoms with Crippen molar-refractivity contribution < 1.29 is 0 Å². The van der Waals surface area contributed by atoms with Crippen LogP contribution in [0.5, 0.6) is 0 Å². The number of rotatable bonds is 6. The summed E-state index contributed by atoms with van der Waals surface area (Å²) in [6.07, 6.45) is 5.46. The number of aromatic nitrogens is 2. The molecule has 1 unspecified atom stereocenters. The van der Waals surface area contributed by atoms with Crippen molar-refractivity contribution in [3.05, 3.63) is 47.8 Å². The minimum atomic E-state index is 0.244. The van der Waals surface area contributed by atoms with Crippen LogP contribution in [0.25, 0.3) is 0 Å². The standard InChI is InChI=1S/C15H21N3/c1-3-4-5-13-6-8-14(9-7-13)17-12(2)15-10-11-16-18-15/h6-12,17H,3-5H2,1-2H3,(H,16,18). The van der Waals surface area contributed by atoms with Crippen LogP contribution in [0, 0.1) is 0 Å². The first-order valence-corrected chi connectivity index (χ1v) is 6.64. The van der Waals surface area contributed by atoms with Crippen LogP contribution < -0.4 is 5.32 Å². The van der Waals surface area contributed by atoms with Crippen LogP contribution in [0.15, 0.2) is 36.5 Å². The number of hydrogen-bond donors (Lipinski definition) is 2. The molecule has 2 N–H and O–H groups in total. The van der Waals surface area contributed by atoms with Crippen molar-refractivity contribution in [2.75, 3.05) is 5.32 Å². The van der Waals surface area contributed by atoms with Crippen LogP contribution in [0.4, 0.5) is 5.69 Å². The molecule has 1 heterocycles. The van der Waals surface area contributed by atoms with Gasteiger partial charge in [-0.15, -0.1) is 0 Å². The first-order valence-electron chi connectivity index (χ1n) is 6.64. The number of aromatic amines is 1. The topological polar surface area (TPSA) is 40.7 Å². The molecule has 96 valence electrons. The van der Waals surface area contributed by atoms with Gasteiger partial charge in [0, 0.05) is 11.9 Å². The van der Waals surface area contributed by atoms with Crippen molar-refractivity contribution >= 4 is 5.69 Å². The van der Waals surface area contributed by atoms with Crippen LogP contribution in [-0.4, -0.2) is 10.2 Å². The average molecular weight is 243 g/mol. The highest BCUT2D eigenvalue weighted by atomic mass is 15.1. The van der Waals surface area contributed by atoms with E-state index in [4.69, 9.17) is 0 Å². The lowest BCUT2D eigenvalue weighted by atomic mass is 10.1. The molecule has 1 aromatic heterocycles. The predicted octanol–water partition coefficient (Wildman–Crippen LogP) is 3.93. The molecular weight excluding hydrogens is 222 g/mol. The Labute approximate surface area is 109 Å². The van der Waals surface area contributed by atoms with E-state index >= 15 is 0 Å². The minimum absolute atomic E-state index is 0.244. The van der Waals surface area contributed by atoms with Gasteiger partial charge in [-0.05, 0) is 43.5 Å². The maximum Gasteiger partial charge on any atom is 0.0651 e. The van der Waals surface area contributed by atoms with E-state index in [1.165, 1.54) is 24.8 Å². The molecule has 0 saturated heterocycles. The third kappa shape index (κ3) is 3.36. The molecule has 0 aliphatic heterocycles. The lowest BCUT2D eigenvalue weighted by Gasteiger charge is -2.13. The van der Waals surface area contributed by atoms with Crippen LogP contribution in [0.3, 0.4) is 0 Å². The van der Waals surface area contributed by atoms with Crippen LogP contribution >= 0.6 is 0 Å². The van der Waals surface area contributed by atoms with Gasteiger partial charge < -0.3 is 5.32 Å². The Hall–Kier alpha value is -1.77. The Kier molecular flexibility index (Phi) is 4.40. The molecule has 3 heteroatoms. The Bertz CT molecular complexity index is 445. The van der Waals surface area contributed by atoms with E-state index < -0.39 is 0 Å². The van der Waals surface area contributed by atoms with E-state index in [0.29, 0.717) is 0 Å². The number of unbranched alkanes of at least 4 members (excludes halogenated alkanes) is 1. The van der Waals surface area contributed by atoms with E-state index in [1.54, 1.807) is 6.20 Å². The zero-order chi connectivity index (χ0) is 12.8. The monoisotopic (exact) mass is 243 g/mol. The molecule has 18 heavy (non-hydrogen) atoms. The number of nitrogens with one attached hydrogen (secondary N) is 2. The fourth-order valence-electron chi connectivity index (χ4n) is 1.98.